The van der Waals surface area contributed by atoms with Crippen LogP contribution in [-0.2, 0) is 4.74 Å². The van der Waals surface area contributed by atoms with Crippen molar-refractivity contribution in [2.45, 2.75) is 18.9 Å². The van der Waals surface area contributed by atoms with Crippen LogP contribution in [0.15, 0.2) is 60.9 Å². The van der Waals surface area contributed by atoms with Crippen molar-refractivity contribution < 1.29 is 13.9 Å². The first-order valence-corrected chi connectivity index (χ1v) is 9.52. The van der Waals surface area contributed by atoms with Gasteiger partial charge in [-0.15, -0.1) is 0 Å². The standard InChI is InChI=1S/C22H21FN4O2/c23-17-8-6-15(7-9-17)20-12-21(26-14-25-20)27-18-4-1-3-16(11-18)22(28)24-13-19-5-2-10-29-19/h1,3-4,6-9,11-12,14,19H,2,5,10,13H2,(H,24,28)(H,25,26,27). The van der Waals surface area contributed by atoms with Crippen molar-refractivity contribution in [1.82, 2.24) is 15.3 Å². The number of rotatable bonds is 6. The van der Waals surface area contributed by atoms with Gasteiger partial charge in [0, 0.05) is 36.0 Å². The van der Waals surface area contributed by atoms with Crippen molar-refractivity contribution in [2.75, 3.05) is 18.5 Å². The highest BCUT2D eigenvalue weighted by Gasteiger charge is 2.16. The lowest BCUT2D eigenvalue weighted by Crippen LogP contribution is -2.31. The zero-order valence-electron chi connectivity index (χ0n) is 15.8. The zero-order valence-corrected chi connectivity index (χ0v) is 15.8. The number of carbonyl (C=O) groups excluding carboxylic acids is 1. The van der Waals surface area contributed by atoms with E-state index >= 15 is 0 Å². The van der Waals surface area contributed by atoms with Crippen LogP contribution in [0.4, 0.5) is 15.9 Å². The number of nitrogens with zero attached hydrogens (tertiary/aromatic N) is 2. The molecule has 1 fully saturated rings. The number of anilines is 2. The minimum Gasteiger partial charge on any atom is -0.376 e. The summed E-state index contributed by atoms with van der Waals surface area (Å²) in [4.78, 5) is 20.9. The van der Waals surface area contributed by atoms with Crippen molar-refractivity contribution in [3.05, 3.63) is 72.3 Å². The van der Waals surface area contributed by atoms with Gasteiger partial charge < -0.3 is 15.4 Å². The highest BCUT2D eigenvalue weighted by Crippen LogP contribution is 2.22. The highest BCUT2D eigenvalue weighted by molar-refractivity contribution is 5.95. The summed E-state index contributed by atoms with van der Waals surface area (Å²) in [5.41, 5.74) is 2.76. The smallest absolute Gasteiger partial charge is 0.251 e. The summed E-state index contributed by atoms with van der Waals surface area (Å²) >= 11 is 0. The van der Waals surface area contributed by atoms with Crippen LogP contribution >= 0.6 is 0 Å². The molecule has 7 heteroatoms. The molecule has 3 aromatic rings. The van der Waals surface area contributed by atoms with E-state index in [1.165, 1.54) is 18.5 Å². The number of hydrogen-bond acceptors (Lipinski definition) is 5. The molecule has 2 N–H and O–H groups in total. The molecule has 0 spiro atoms. The number of nitrogens with one attached hydrogen (secondary N) is 2. The van der Waals surface area contributed by atoms with Crippen LogP contribution in [0.2, 0.25) is 0 Å². The normalized spacial score (nSPS) is 15.8. The SMILES string of the molecule is O=C(NCC1CCCO1)c1cccc(Nc2cc(-c3ccc(F)cc3)ncn2)c1. The maximum atomic E-state index is 13.1. The second-order valence-corrected chi connectivity index (χ2v) is 6.85. The number of aromatic nitrogens is 2. The molecule has 1 aromatic heterocycles. The fourth-order valence-electron chi connectivity index (χ4n) is 3.20. The first-order valence-electron chi connectivity index (χ1n) is 9.52. The molecule has 0 radical (unpaired) electrons. The predicted octanol–water partition coefficient (Wildman–Crippen LogP) is 3.94. The predicted molar refractivity (Wildman–Crippen MR) is 108 cm³/mol. The fraction of sp³-hybridized carbons (Fsp3) is 0.227. The van der Waals surface area contributed by atoms with Crippen molar-refractivity contribution in [2.24, 2.45) is 0 Å². The molecule has 1 aliphatic rings. The quantitative estimate of drug-likeness (QED) is 0.665. The van der Waals surface area contributed by atoms with Gasteiger partial charge >= 0.3 is 0 Å². The van der Waals surface area contributed by atoms with Gasteiger partial charge in [0.1, 0.15) is 18.0 Å². The van der Waals surface area contributed by atoms with E-state index < -0.39 is 0 Å². The molecule has 2 aromatic carbocycles. The molecule has 4 rings (SSSR count). The highest BCUT2D eigenvalue weighted by atomic mass is 19.1. The lowest BCUT2D eigenvalue weighted by Gasteiger charge is -2.12. The maximum absolute atomic E-state index is 13.1. The third-order valence-electron chi connectivity index (χ3n) is 4.72. The zero-order chi connectivity index (χ0) is 20.1. The molecule has 1 unspecified atom stereocenters. The molecular formula is C22H21FN4O2. The average molecular weight is 392 g/mol. The Morgan fingerprint density at radius 3 is 2.79 bits per heavy atom. The van der Waals surface area contributed by atoms with E-state index in [9.17, 15) is 9.18 Å². The second kappa shape index (κ2) is 8.79. The maximum Gasteiger partial charge on any atom is 0.251 e. The lowest BCUT2D eigenvalue weighted by molar-refractivity contribution is 0.0858. The number of benzene rings is 2. The Labute approximate surface area is 168 Å². The number of halogens is 1. The summed E-state index contributed by atoms with van der Waals surface area (Å²) in [5.74, 6) is 0.144. The van der Waals surface area contributed by atoms with Crippen LogP contribution in [-0.4, -0.2) is 35.1 Å². The van der Waals surface area contributed by atoms with Crippen LogP contribution in [0.5, 0.6) is 0 Å². The van der Waals surface area contributed by atoms with Crippen molar-refractivity contribution >= 4 is 17.4 Å². The number of carbonyl (C=O) groups is 1. The third-order valence-corrected chi connectivity index (χ3v) is 4.72. The Bertz CT molecular complexity index is 988. The summed E-state index contributed by atoms with van der Waals surface area (Å²) in [6.07, 6.45) is 3.57. The molecule has 0 aliphatic carbocycles. The van der Waals surface area contributed by atoms with Gasteiger partial charge in [0.2, 0.25) is 0 Å². The average Bonchev–Trinajstić information content (AvgIpc) is 3.27. The van der Waals surface area contributed by atoms with E-state index in [1.54, 1.807) is 30.3 Å². The third kappa shape index (κ3) is 4.94. The molecular weight excluding hydrogens is 371 g/mol. The molecule has 1 saturated heterocycles. The molecule has 6 nitrogen and oxygen atoms in total. The van der Waals surface area contributed by atoms with Gasteiger partial charge in [-0.25, -0.2) is 14.4 Å². The Morgan fingerprint density at radius 1 is 1.14 bits per heavy atom. The van der Waals surface area contributed by atoms with Crippen LogP contribution in [0.25, 0.3) is 11.3 Å². The van der Waals surface area contributed by atoms with Gasteiger partial charge in [0.15, 0.2) is 0 Å². The van der Waals surface area contributed by atoms with E-state index in [0.29, 0.717) is 23.6 Å². The fourth-order valence-corrected chi connectivity index (χ4v) is 3.20. The summed E-state index contributed by atoms with van der Waals surface area (Å²) in [6.45, 7) is 1.28. The molecule has 29 heavy (non-hydrogen) atoms. The minimum atomic E-state index is -0.296. The minimum absolute atomic E-state index is 0.103. The number of amides is 1. The molecule has 1 amide bonds. The van der Waals surface area contributed by atoms with Gasteiger partial charge in [-0.05, 0) is 55.3 Å². The summed E-state index contributed by atoms with van der Waals surface area (Å²) in [5, 5.41) is 6.11. The van der Waals surface area contributed by atoms with Crippen LogP contribution in [0.1, 0.15) is 23.2 Å². The summed E-state index contributed by atoms with van der Waals surface area (Å²) in [6, 6.07) is 15.1. The number of hydrogen-bond donors (Lipinski definition) is 2. The van der Waals surface area contributed by atoms with Gasteiger partial charge in [0.05, 0.1) is 11.8 Å². The monoisotopic (exact) mass is 392 g/mol. The van der Waals surface area contributed by atoms with E-state index in [0.717, 1.165) is 30.7 Å². The molecule has 0 bridgehead atoms. The topological polar surface area (TPSA) is 76.1 Å². The summed E-state index contributed by atoms with van der Waals surface area (Å²) in [7, 11) is 0. The first-order chi connectivity index (χ1) is 14.2. The molecule has 0 saturated carbocycles. The molecule has 1 aliphatic heterocycles. The van der Waals surface area contributed by atoms with Crippen molar-refractivity contribution in [3.63, 3.8) is 0 Å². The van der Waals surface area contributed by atoms with Crippen LogP contribution < -0.4 is 10.6 Å². The van der Waals surface area contributed by atoms with E-state index in [1.807, 2.05) is 12.1 Å². The molecule has 2 heterocycles. The Hall–Kier alpha value is -3.32. The van der Waals surface area contributed by atoms with Crippen molar-refractivity contribution in [1.29, 1.82) is 0 Å². The Balaban J connectivity index is 1.44. The van der Waals surface area contributed by atoms with Gasteiger partial charge in [-0.1, -0.05) is 6.07 Å². The summed E-state index contributed by atoms with van der Waals surface area (Å²) < 4.78 is 18.7. The second-order valence-electron chi connectivity index (χ2n) is 6.85. The Kier molecular flexibility index (Phi) is 5.76. The molecule has 1 atom stereocenters. The van der Waals surface area contributed by atoms with Gasteiger partial charge in [0.25, 0.3) is 5.91 Å². The van der Waals surface area contributed by atoms with E-state index in [4.69, 9.17) is 4.74 Å². The van der Waals surface area contributed by atoms with Gasteiger partial charge in [-0.2, -0.15) is 0 Å². The van der Waals surface area contributed by atoms with Crippen LogP contribution in [0, 0.1) is 5.82 Å². The molecule has 148 valence electrons. The van der Waals surface area contributed by atoms with E-state index in [2.05, 4.69) is 20.6 Å². The first kappa shape index (κ1) is 19.0. The number of ether oxygens (including phenoxy) is 1. The van der Waals surface area contributed by atoms with Crippen LogP contribution in [0.3, 0.4) is 0 Å². The largest absolute Gasteiger partial charge is 0.376 e. The lowest BCUT2D eigenvalue weighted by atomic mass is 10.1. The van der Waals surface area contributed by atoms with Gasteiger partial charge in [-0.3, -0.25) is 4.79 Å². The van der Waals surface area contributed by atoms with E-state index in [-0.39, 0.29) is 17.8 Å². The van der Waals surface area contributed by atoms with Crippen molar-refractivity contribution in [3.8, 4) is 11.3 Å². The Morgan fingerprint density at radius 2 is 2.00 bits per heavy atom.